The number of carboxylic acids is 1. The molecule has 1 aromatic carbocycles. The summed E-state index contributed by atoms with van der Waals surface area (Å²) < 4.78 is 0. The van der Waals surface area contributed by atoms with Gasteiger partial charge in [0.2, 0.25) is 0 Å². The van der Waals surface area contributed by atoms with Crippen molar-refractivity contribution in [2.24, 2.45) is 5.41 Å². The van der Waals surface area contributed by atoms with Crippen LogP contribution in [-0.2, 0) is 4.79 Å². The maximum atomic E-state index is 11.3. The van der Waals surface area contributed by atoms with Gasteiger partial charge in [0.25, 0.3) is 0 Å². The summed E-state index contributed by atoms with van der Waals surface area (Å²) in [4.78, 5) is 13.6. The third-order valence-corrected chi connectivity index (χ3v) is 4.31. The van der Waals surface area contributed by atoms with Crippen LogP contribution in [0.25, 0.3) is 0 Å². The smallest absolute Gasteiger partial charge is 0.310 e. The Hall–Kier alpha value is -1.35. The van der Waals surface area contributed by atoms with Gasteiger partial charge >= 0.3 is 5.97 Å². The van der Waals surface area contributed by atoms with E-state index in [4.69, 9.17) is 0 Å². The summed E-state index contributed by atoms with van der Waals surface area (Å²) in [6.45, 7) is 6.59. The monoisotopic (exact) mass is 261 g/mol. The van der Waals surface area contributed by atoms with Gasteiger partial charge in [-0.1, -0.05) is 37.3 Å². The van der Waals surface area contributed by atoms with Gasteiger partial charge in [0.1, 0.15) is 0 Å². The Morgan fingerprint density at radius 2 is 2.11 bits per heavy atom. The van der Waals surface area contributed by atoms with Crippen LogP contribution < -0.4 is 0 Å². The highest BCUT2D eigenvalue weighted by Gasteiger charge is 2.40. The molecular weight excluding hydrogens is 238 g/mol. The number of benzene rings is 1. The highest BCUT2D eigenvalue weighted by atomic mass is 16.4. The summed E-state index contributed by atoms with van der Waals surface area (Å²) in [6, 6.07) is 10.5. The number of hydrogen-bond donors (Lipinski definition) is 1. The number of carbonyl (C=O) groups is 1. The molecule has 0 aromatic heterocycles. The lowest BCUT2D eigenvalue weighted by atomic mass is 9.90. The molecule has 1 aromatic rings. The van der Waals surface area contributed by atoms with Gasteiger partial charge in [-0.3, -0.25) is 4.79 Å². The van der Waals surface area contributed by atoms with E-state index in [0.717, 1.165) is 25.9 Å². The number of hydrogen-bond acceptors (Lipinski definition) is 2. The molecule has 2 atom stereocenters. The van der Waals surface area contributed by atoms with Crippen LogP contribution in [0.5, 0.6) is 0 Å². The van der Waals surface area contributed by atoms with Gasteiger partial charge in [-0.15, -0.1) is 0 Å². The average Bonchev–Trinajstić information content (AvgIpc) is 2.80. The molecule has 1 heterocycles. The van der Waals surface area contributed by atoms with E-state index >= 15 is 0 Å². The second-order valence-electron chi connectivity index (χ2n) is 5.87. The minimum absolute atomic E-state index is 0.498. The fourth-order valence-electron chi connectivity index (χ4n) is 2.89. The van der Waals surface area contributed by atoms with E-state index < -0.39 is 11.4 Å². The lowest BCUT2D eigenvalue weighted by molar-refractivity contribution is -0.147. The lowest BCUT2D eigenvalue weighted by Gasteiger charge is -2.24. The quantitative estimate of drug-likeness (QED) is 0.886. The topological polar surface area (TPSA) is 40.5 Å². The maximum Gasteiger partial charge on any atom is 0.310 e. The van der Waals surface area contributed by atoms with Crippen molar-refractivity contribution in [1.29, 1.82) is 0 Å². The predicted octanol–water partition coefficient (Wildman–Crippen LogP) is 2.98. The molecule has 1 fully saturated rings. The molecule has 1 aliphatic heterocycles. The molecule has 2 rings (SSSR count). The van der Waals surface area contributed by atoms with Crippen LogP contribution in [0.2, 0.25) is 0 Å². The van der Waals surface area contributed by atoms with Crippen molar-refractivity contribution in [1.82, 2.24) is 4.90 Å². The molecular formula is C16H23NO2. The molecule has 2 unspecified atom stereocenters. The molecule has 0 spiro atoms. The van der Waals surface area contributed by atoms with Crippen molar-refractivity contribution in [3.05, 3.63) is 35.9 Å². The molecule has 3 nitrogen and oxygen atoms in total. The van der Waals surface area contributed by atoms with Gasteiger partial charge in [0, 0.05) is 13.1 Å². The van der Waals surface area contributed by atoms with E-state index in [1.54, 1.807) is 0 Å². The van der Waals surface area contributed by atoms with Crippen molar-refractivity contribution < 1.29 is 9.90 Å². The molecule has 1 N–H and O–H groups in total. The first kappa shape index (κ1) is 14.1. The van der Waals surface area contributed by atoms with E-state index in [1.165, 1.54) is 5.56 Å². The normalized spacial score (nSPS) is 25.4. The average molecular weight is 261 g/mol. The van der Waals surface area contributed by atoms with Crippen molar-refractivity contribution in [2.45, 2.75) is 32.6 Å². The molecule has 1 aliphatic rings. The molecule has 0 radical (unpaired) electrons. The summed E-state index contributed by atoms with van der Waals surface area (Å²) in [6.07, 6.45) is 1.85. The third kappa shape index (κ3) is 3.16. The Kier molecular flexibility index (Phi) is 4.25. The number of rotatable bonds is 5. The van der Waals surface area contributed by atoms with Crippen molar-refractivity contribution in [3.8, 4) is 0 Å². The highest BCUT2D eigenvalue weighted by molar-refractivity contribution is 5.74. The van der Waals surface area contributed by atoms with Gasteiger partial charge in [-0.25, -0.2) is 0 Å². The Labute approximate surface area is 115 Å². The number of likely N-dealkylation sites (tertiary alicyclic amines) is 1. The molecule has 0 saturated carbocycles. The molecule has 1 saturated heterocycles. The van der Waals surface area contributed by atoms with E-state index in [-0.39, 0.29) is 0 Å². The van der Waals surface area contributed by atoms with Crippen LogP contribution in [0.4, 0.5) is 0 Å². The summed E-state index contributed by atoms with van der Waals surface area (Å²) >= 11 is 0. The minimum atomic E-state index is -0.664. The van der Waals surface area contributed by atoms with Gasteiger partial charge in [0.15, 0.2) is 0 Å². The second-order valence-corrected chi connectivity index (χ2v) is 5.87. The van der Waals surface area contributed by atoms with Gasteiger partial charge in [-0.05, 0) is 37.8 Å². The SMILES string of the molecule is CCC(CN1CCC(C)(C(=O)O)C1)c1ccccc1. The Morgan fingerprint density at radius 3 is 2.63 bits per heavy atom. The number of carboxylic acid groups (broad SMARTS) is 1. The van der Waals surface area contributed by atoms with Crippen molar-refractivity contribution >= 4 is 5.97 Å². The first-order chi connectivity index (χ1) is 9.05. The molecule has 0 aliphatic carbocycles. The highest BCUT2D eigenvalue weighted by Crippen LogP contribution is 2.32. The van der Waals surface area contributed by atoms with Crippen LogP contribution in [-0.4, -0.2) is 35.6 Å². The van der Waals surface area contributed by atoms with Crippen LogP contribution in [0.3, 0.4) is 0 Å². The zero-order valence-corrected chi connectivity index (χ0v) is 11.8. The predicted molar refractivity (Wildman–Crippen MR) is 76.3 cm³/mol. The fourth-order valence-corrected chi connectivity index (χ4v) is 2.89. The Bertz CT molecular complexity index is 432. The van der Waals surface area contributed by atoms with Crippen molar-refractivity contribution in [2.75, 3.05) is 19.6 Å². The maximum absolute atomic E-state index is 11.3. The van der Waals surface area contributed by atoms with Crippen LogP contribution >= 0.6 is 0 Å². The molecule has 19 heavy (non-hydrogen) atoms. The number of nitrogens with zero attached hydrogens (tertiary/aromatic N) is 1. The fraction of sp³-hybridized carbons (Fsp3) is 0.562. The summed E-state index contributed by atoms with van der Waals surface area (Å²) in [5, 5.41) is 9.27. The molecule has 0 amide bonds. The van der Waals surface area contributed by atoms with Crippen LogP contribution in [0.1, 0.15) is 38.2 Å². The molecule has 3 heteroatoms. The summed E-state index contributed by atoms with van der Waals surface area (Å²) in [7, 11) is 0. The molecule has 104 valence electrons. The summed E-state index contributed by atoms with van der Waals surface area (Å²) in [5.74, 6) is -0.167. The van der Waals surface area contributed by atoms with Gasteiger partial charge in [-0.2, -0.15) is 0 Å². The Balaban J connectivity index is 2.00. The standard InChI is InChI=1S/C16H23NO2/c1-3-13(14-7-5-4-6-8-14)11-17-10-9-16(2,12-17)15(18)19/h4-8,13H,3,9-12H2,1-2H3,(H,18,19). The number of aliphatic carboxylic acids is 1. The largest absolute Gasteiger partial charge is 0.481 e. The van der Waals surface area contributed by atoms with E-state index in [0.29, 0.717) is 12.5 Å². The third-order valence-electron chi connectivity index (χ3n) is 4.31. The van der Waals surface area contributed by atoms with Gasteiger partial charge < -0.3 is 10.0 Å². The zero-order chi connectivity index (χ0) is 13.9. The zero-order valence-electron chi connectivity index (χ0n) is 11.8. The molecule has 0 bridgehead atoms. The van der Waals surface area contributed by atoms with E-state index in [2.05, 4.69) is 36.1 Å². The second kappa shape index (κ2) is 5.74. The lowest BCUT2D eigenvalue weighted by Crippen LogP contribution is -2.33. The van der Waals surface area contributed by atoms with E-state index in [1.807, 2.05) is 13.0 Å². The van der Waals surface area contributed by atoms with Crippen LogP contribution in [0.15, 0.2) is 30.3 Å². The minimum Gasteiger partial charge on any atom is -0.481 e. The Morgan fingerprint density at radius 1 is 1.42 bits per heavy atom. The van der Waals surface area contributed by atoms with Crippen molar-refractivity contribution in [3.63, 3.8) is 0 Å². The summed E-state index contributed by atoms with van der Waals surface area (Å²) in [5.41, 5.74) is 0.795. The first-order valence-corrected chi connectivity index (χ1v) is 7.06. The van der Waals surface area contributed by atoms with Crippen LogP contribution in [0, 0.1) is 5.41 Å². The van der Waals surface area contributed by atoms with E-state index in [9.17, 15) is 9.90 Å². The first-order valence-electron chi connectivity index (χ1n) is 7.06. The van der Waals surface area contributed by atoms with Gasteiger partial charge in [0.05, 0.1) is 5.41 Å².